The number of unbranched alkanes of at least 4 members (excludes halogenated alkanes) is 1. The van der Waals surface area contributed by atoms with E-state index in [0.717, 1.165) is 19.3 Å². The first-order valence-electron chi connectivity index (χ1n) is 7.47. The standard InChI is InChI=1S/C16H22N2O3/c1-2-3-4-12-5-7-13(8-6-12)17-15(20)16(21)18-10-9-14(19)11-18/h5-8,14,19H,2-4,9-11H2,1H3,(H,17,20)/t14-/m0/s1. The lowest BCUT2D eigenvalue weighted by atomic mass is 10.1. The summed E-state index contributed by atoms with van der Waals surface area (Å²) in [6.07, 6.45) is 3.33. The maximum Gasteiger partial charge on any atom is 0.313 e. The van der Waals surface area contributed by atoms with E-state index in [4.69, 9.17) is 0 Å². The van der Waals surface area contributed by atoms with Gasteiger partial charge in [0, 0.05) is 18.8 Å². The Balaban J connectivity index is 1.88. The van der Waals surface area contributed by atoms with Gasteiger partial charge in [-0.15, -0.1) is 0 Å². The number of aryl methyl sites for hydroxylation is 1. The molecule has 21 heavy (non-hydrogen) atoms. The Labute approximate surface area is 125 Å². The normalized spacial score (nSPS) is 17.8. The monoisotopic (exact) mass is 290 g/mol. The van der Waals surface area contributed by atoms with E-state index in [2.05, 4.69) is 12.2 Å². The Kier molecular flexibility index (Phi) is 5.33. The highest BCUT2D eigenvalue weighted by molar-refractivity contribution is 6.39. The van der Waals surface area contributed by atoms with Crippen molar-refractivity contribution in [3.63, 3.8) is 0 Å². The van der Waals surface area contributed by atoms with Crippen LogP contribution >= 0.6 is 0 Å². The molecule has 0 saturated carbocycles. The summed E-state index contributed by atoms with van der Waals surface area (Å²) in [5.74, 6) is -1.23. The van der Waals surface area contributed by atoms with Crippen molar-refractivity contribution in [2.45, 2.75) is 38.7 Å². The van der Waals surface area contributed by atoms with Gasteiger partial charge < -0.3 is 15.3 Å². The molecule has 0 aromatic heterocycles. The maximum atomic E-state index is 11.9. The number of carbonyl (C=O) groups excluding carboxylic acids is 2. The number of benzene rings is 1. The fraction of sp³-hybridized carbons (Fsp3) is 0.500. The predicted octanol–water partition coefficient (Wildman–Crippen LogP) is 1.56. The number of nitrogens with zero attached hydrogens (tertiary/aromatic N) is 1. The van der Waals surface area contributed by atoms with E-state index in [-0.39, 0.29) is 6.54 Å². The third-order valence-electron chi connectivity index (χ3n) is 3.68. The molecule has 1 aromatic rings. The quantitative estimate of drug-likeness (QED) is 0.827. The molecule has 2 rings (SSSR count). The third-order valence-corrected chi connectivity index (χ3v) is 3.68. The van der Waals surface area contributed by atoms with Crippen molar-refractivity contribution in [3.8, 4) is 0 Å². The van der Waals surface area contributed by atoms with Crippen LogP contribution < -0.4 is 5.32 Å². The second-order valence-electron chi connectivity index (χ2n) is 5.45. The Bertz CT molecular complexity index is 499. The van der Waals surface area contributed by atoms with Crippen LogP contribution in [0.1, 0.15) is 31.7 Å². The van der Waals surface area contributed by atoms with Crippen LogP contribution in [0.4, 0.5) is 5.69 Å². The number of aliphatic hydroxyl groups excluding tert-OH is 1. The van der Waals surface area contributed by atoms with Crippen LogP contribution in [0.3, 0.4) is 0 Å². The zero-order chi connectivity index (χ0) is 15.2. The van der Waals surface area contributed by atoms with Crippen LogP contribution in [-0.4, -0.2) is 41.0 Å². The number of hydrogen-bond acceptors (Lipinski definition) is 3. The molecule has 2 N–H and O–H groups in total. The van der Waals surface area contributed by atoms with Crippen LogP contribution in [0.25, 0.3) is 0 Å². The van der Waals surface area contributed by atoms with Crippen molar-refractivity contribution in [2.75, 3.05) is 18.4 Å². The van der Waals surface area contributed by atoms with Gasteiger partial charge in [-0.25, -0.2) is 0 Å². The average Bonchev–Trinajstić information content (AvgIpc) is 2.92. The first kappa shape index (κ1) is 15.5. The molecule has 0 spiro atoms. The fourth-order valence-electron chi connectivity index (χ4n) is 2.39. The zero-order valence-electron chi connectivity index (χ0n) is 12.3. The minimum atomic E-state index is -0.648. The van der Waals surface area contributed by atoms with Crippen molar-refractivity contribution < 1.29 is 14.7 Å². The Hall–Kier alpha value is -1.88. The van der Waals surface area contributed by atoms with Gasteiger partial charge >= 0.3 is 11.8 Å². The van der Waals surface area contributed by atoms with Crippen molar-refractivity contribution in [1.82, 2.24) is 4.90 Å². The van der Waals surface area contributed by atoms with E-state index in [1.807, 2.05) is 24.3 Å². The van der Waals surface area contributed by atoms with Gasteiger partial charge in [-0.2, -0.15) is 0 Å². The Morgan fingerprint density at radius 3 is 2.62 bits per heavy atom. The summed E-state index contributed by atoms with van der Waals surface area (Å²) in [7, 11) is 0. The van der Waals surface area contributed by atoms with Gasteiger partial charge in [0.25, 0.3) is 0 Å². The van der Waals surface area contributed by atoms with Crippen LogP contribution in [0.5, 0.6) is 0 Å². The van der Waals surface area contributed by atoms with Crippen LogP contribution in [0, 0.1) is 0 Å². The molecule has 0 unspecified atom stereocenters. The fourth-order valence-corrected chi connectivity index (χ4v) is 2.39. The molecular formula is C16H22N2O3. The lowest BCUT2D eigenvalue weighted by Crippen LogP contribution is -2.38. The first-order chi connectivity index (χ1) is 10.1. The molecule has 1 aliphatic rings. The zero-order valence-corrected chi connectivity index (χ0v) is 12.3. The van der Waals surface area contributed by atoms with E-state index in [1.54, 1.807) is 0 Å². The number of β-amino-alcohol motifs (C(OH)–C–C–N with tert-alkyl or cyclic N) is 1. The van der Waals surface area contributed by atoms with Gasteiger partial charge in [0.2, 0.25) is 0 Å². The van der Waals surface area contributed by atoms with Gasteiger partial charge in [0.1, 0.15) is 0 Å². The summed E-state index contributed by atoms with van der Waals surface area (Å²) in [4.78, 5) is 25.2. The third kappa shape index (κ3) is 4.29. The van der Waals surface area contributed by atoms with Gasteiger partial charge in [-0.05, 0) is 37.0 Å². The highest BCUT2D eigenvalue weighted by atomic mass is 16.3. The number of rotatable bonds is 4. The highest BCUT2D eigenvalue weighted by Gasteiger charge is 2.28. The molecule has 0 aliphatic carbocycles. The largest absolute Gasteiger partial charge is 0.391 e. The molecule has 5 heteroatoms. The number of amides is 2. The number of carbonyl (C=O) groups is 2. The smallest absolute Gasteiger partial charge is 0.313 e. The number of hydrogen-bond donors (Lipinski definition) is 2. The first-order valence-corrected chi connectivity index (χ1v) is 7.47. The molecule has 0 radical (unpaired) electrons. The molecule has 114 valence electrons. The molecule has 1 heterocycles. The van der Waals surface area contributed by atoms with Gasteiger partial charge in [0.15, 0.2) is 0 Å². The van der Waals surface area contributed by atoms with E-state index >= 15 is 0 Å². The van der Waals surface area contributed by atoms with Crippen LogP contribution in [-0.2, 0) is 16.0 Å². The number of likely N-dealkylation sites (tertiary alicyclic amines) is 1. The van der Waals surface area contributed by atoms with Crippen LogP contribution in [0.15, 0.2) is 24.3 Å². The summed E-state index contributed by atoms with van der Waals surface area (Å²) in [5.41, 5.74) is 1.84. The maximum absolute atomic E-state index is 11.9. The topological polar surface area (TPSA) is 69.6 Å². The molecular weight excluding hydrogens is 268 g/mol. The van der Waals surface area contributed by atoms with Gasteiger partial charge in [-0.1, -0.05) is 25.5 Å². The van der Waals surface area contributed by atoms with Crippen molar-refractivity contribution in [1.29, 1.82) is 0 Å². The Morgan fingerprint density at radius 2 is 2.05 bits per heavy atom. The molecule has 5 nitrogen and oxygen atoms in total. The Morgan fingerprint density at radius 1 is 1.33 bits per heavy atom. The summed E-state index contributed by atoms with van der Waals surface area (Å²) in [6, 6.07) is 7.56. The minimum Gasteiger partial charge on any atom is -0.391 e. The lowest BCUT2D eigenvalue weighted by Gasteiger charge is -2.14. The summed E-state index contributed by atoms with van der Waals surface area (Å²) < 4.78 is 0. The number of nitrogens with one attached hydrogen (secondary N) is 1. The van der Waals surface area contributed by atoms with Crippen molar-refractivity contribution >= 4 is 17.5 Å². The second-order valence-corrected chi connectivity index (χ2v) is 5.45. The molecule has 1 saturated heterocycles. The van der Waals surface area contributed by atoms with Gasteiger partial charge in [0.05, 0.1) is 6.10 Å². The molecule has 0 bridgehead atoms. The molecule has 1 aliphatic heterocycles. The molecule has 1 aromatic carbocycles. The SMILES string of the molecule is CCCCc1ccc(NC(=O)C(=O)N2CC[C@H](O)C2)cc1. The summed E-state index contributed by atoms with van der Waals surface area (Å²) in [6.45, 7) is 2.82. The van der Waals surface area contributed by atoms with Gasteiger partial charge in [-0.3, -0.25) is 9.59 Å². The molecule has 1 fully saturated rings. The van der Waals surface area contributed by atoms with E-state index in [9.17, 15) is 14.7 Å². The number of anilines is 1. The minimum absolute atomic E-state index is 0.238. The summed E-state index contributed by atoms with van der Waals surface area (Å²) >= 11 is 0. The second kappa shape index (κ2) is 7.22. The average molecular weight is 290 g/mol. The van der Waals surface area contributed by atoms with E-state index in [1.165, 1.54) is 10.5 Å². The van der Waals surface area contributed by atoms with Crippen molar-refractivity contribution in [3.05, 3.63) is 29.8 Å². The lowest BCUT2D eigenvalue weighted by molar-refractivity contribution is -0.142. The highest BCUT2D eigenvalue weighted by Crippen LogP contribution is 2.13. The molecule has 2 amide bonds. The summed E-state index contributed by atoms with van der Waals surface area (Å²) in [5, 5.41) is 12.0. The predicted molar refractivity (Wildman–Crippen MR) is 80.9 cm³/mol. The van der Waals surface area contributed by atoms with E-state index < -0.39 is 17.9 Å². The molecule has 1 atom stereocenters. The van der Waals surface area contributed by atoms with Crippen molar-refractivity contribution in [2.24, 2.45) is 0 Å². The van der Waals surface area contributed by atoms with E-state index in [0.29, 0.717) is 18.7 Å². The number of aliphatic hydroxyl groups is 1. The van der Waals surface area contributed by atoms with Crippen LogP contribution in [0.2, 0.25) is 0 Å².